The molecule has 30 heavy (non-hydrogen) atoms. The number of amides is 1. The van der Waals surface area contributed by atoms with E-state index < -0.39 is 0 Å². The van der Waals surface area contributed by atoms with Gasteiger partial charge in [-0.05, 0) is 54.1 Å². The second-order valence-electron chi connectivity index (χ2n) is 6.78. The van der Waals surface area contributed by atoms with Gasteiger partial charge in [0, 0.05) is 30.2 Å². The summed E-state index contributed by atoms with van der Waals surface area (Å²) in [5, 5.41) is 10.1. The molecular formula is C23H20FN5O. The number of hydrogen-bond acceptors (Lipinski definition) is 5. The first kappa shape index (κ1) is 19.3. The lowest BCUT2D eigenvalue weighted by Gasteiger charge is -2.12. The molecule has 150 valence electrons. The van der Waals surface area contributed by atoms with Crippen LogP contribution in [0.25, 0.3) is 10.9 Å². The third kappa shape index (κ3) is 4.70. The normalized spacial score (nSPS) is 10.6. The standard InChI is InChI=1S/C23H20FN5O/c1-15(30)26-18-10-12-19(13-11-18)27-23-28-21-5-3-2-4-20(21)22(29-23)25-14-16-6-8-17(24)9-7-16/h2-13H,14H2,1H3,(H,26,30)(H2,25,27,28,29). The van der Waals surface area contributed by atoms with Crippen molar-refractivity contribution < 1.29 is 9.18 Å². The van der Waals surface area contributed by atoms with Crippen molar-refractivity contribution in [3.63, 3.8) is 0 Å². The Hall–Kier alpha value is -4.00. The fourth-order valence-electron chi connectivity index (χ4n) is 3.02. The number of para-hydroxylation sites is 1. The van der Waals surface area contributed by atoms with Crippen molar-refractivity contribution in [1.82, 2.24) is 9.97 Å². The van der Waals surface area contributed by atoms with Crippen molar-refractivity contribution in [3.8, 4) is 0 Å². The molecule has 0 aliphatic rings. The highest BCUT2D eigenvalue weighted by atomic mass is 19.1. The van der Waals surface area contributed by atoms with E-state index in [4.69, 9.17) is 0 Å². The van der Waals surface area contributed by atoms with Gasteiger partial charge in [-0.15, -0.1) is 0 Å². The Morgan fingerprint density at radius 1 is 0.900 bits per heavy atom. The van der Waals surface area contributed by atoms with Gasteiger partial charge in [0.15, 0.2) is 0 Å². The van der Waals surface area contributed by atoms with Crippen molar-refractivity contribution in [3.05, 3.63) is 84.2 Å². The van der Waals surface area contributed by atoms with Crippen molar-refractivity contribution in [2.24, 2.45) is 0 Å². The number of aromatic nitrogens is 2. The Labute approximate surface area is 173 Å². The first-order valence-electron chi connectivity index (χ1n) is 9.46. The lowest BCUT2D eigenvalue weighted by molar-refractivity contribution is -0.114. The lowest BCUT2D eigenvalue weighted by Crippen LogP contribution is -2.06. The quantitative estimate of drug-likeness (QED) is 0.420. The molecule has 3 aromatic carbocycles. The van der Waals surface area contributed by atoms with E-state index in [0.717, 1.165) is 22.2 Å². The van der Waals surface area contributed by atoms with Gasteiger partial charge in [0.1, 0.15) is 11.6 Å². The number of hydrogen-bond donors (Lipinski definition) is 3. The van der Waals surface area contributed by atoms with E-state index in [1.807, 2.05) is 36.4 Å². The van der Waals surface area contributed by atoms with Gasteiger partial charge in [-0.2, -0.15) is 4.98 Å². The monoisotopic (exact) mass is 401 g/mol. The minimum atomic E-state index is -0.262. The average molecular weight is 401 g/mol. The molecule has 0 fully saturated rings. The van der Waals surface area contributed by atoms with E-state index in [1.54, 1.807) is 24.3 Å². The van der Waals surface area contributed by atoms with Gasteiger partial charge in [0.05, 0.1) is 5.52 Å². The predicted molar refractivity (Wildman–Crippen MR) is 117 cm³/mol. The van der Waals surface area contributed by atoms with E-state index in [1.165, 1.54) is 19.1 Å². The predicted octanol–water partition coefficient (Wildman–Crippen LogP) is 5.08. The van der Waals surface area contributed by atoms with Crippen LogP contribution in [-0.4, -0.2) is 15.9 Å². The van der Waals surface area contributed by atoms with Crippen molar-refractivity contribution in [2.75, 3.05) is 16.0 Å². The van der Waals surface area contributed by atoms with Crippen molar-refractivity contribution in [1.29, 1.82) is 0 Å². The molecule has 3 N–H and O–H groups in total. The molecule has 1 amide bonds. The maximum absolute atomic E-state index is 13.1. The molecule has 6 nitrogen and oxygen atoms in total. The molecule has 0 aliphatic carbocycles. The summed E-state index contributed by atoms with van der Waals surface area (Å²) in [6.45, 7) is 1.97. The van der Waals surface area contributed by atoms with E-state index in [0.29, 0.717) is 24.0 Å². The molecule has 0 bridgehead atoms. The fraction of sp³-hybridized carbons (Fsp3) is 0.0870. The number of benzene rings is 3. The summed E-state index contributed by atoms with van der Waals surface area (Å²) in [4.78, 5) is 20.4. The highest BCUT2D eigenvalue weighted by Crippen LogP contribution is 2.24. The van der Waals surface area contributed by atoms with Gasteiger partial charge < -0.3 is 16.0 Å². The molecule has 4 rings (SSSR count). The number of carbonyl (C=O) groups is 1. The first-order valence-corrected chi connectivity index (χ1v) is 9.46. The van der Waals surface area contributed by atoms with Crippen LogP contribution >= 0.6 is 0 Å². The van der Waals surface area contributed by atoms with Crippen molar-refractivity contribution >= 4 is 40.0 Å². The number of fused-ring (bicyclic) bond motifs is 1. The number of nitrogens with one attached hydrogen (secondary N) is 3. The zero-order valence-corrected chi connectivity index (χ0v) is 16.3. The first-order chi connectivity index (χ1) is 14.6. The Balaban J connectivity index is 1.57. The van der Waals surface area contributed by atoms with Crippen LogP contribution in [0.1, 0.15) is 12.5 Å². The van der Waals surface area contributed by atoms with Crippen LogP contribution in [0.3, 0.4) is 0 Å². The summed E-state index contributed by atoms with van der Waals surface area (Å²) in [5.74, 6) is 0.748. The van der Waals surface area contributed by atoms with Gasteiger partial charge in [0.2, 0.25) is 11.9 Å². The molecule has 0 unspecified atom stereocenters. The minimum Gasteiger partial charge on any atom is -0.365 e. The van der Waals surface area contributed by atoms with Crippen LogP contribution < -0.4 is 16.0 Å². The number of anilines is 4. The van der Waals surface area contributed by atoms with Gasteiger partial charge >= 0.3 is 0 Å². The fourth-order valence-corrected chi connectivity index (χ4v) is 3.02. The maximum Gasteiger partial charge on any atom is 0.229 e. The van der Waals surface area contributed by atoms with Gasteiger partial charge in [-0.25, -0.2) is 9.37 Å². The molecule has 4 aromatic rings. The van der Waals surface area contributed by atoms with Crippen LogP contribution in [0.15, 0.2) is 72.8 Å². The Morgan fingerprint density at radius 3 is 2.33 bits per heavy atom. The number of rotatable bonds is 6. The minimum absolute atomic E-state index is 0.120. The summed E-state index contributed by atoms with van der Waals surface area (Å²) in [6.07, 6.45) is 0. The zero-order chi connectivity index (χ0) is 20.9. The van der Waals surface area contributed by atoms with Crippen molar-refractivity contribution in [2.45, 2.75) is 13.5 Å². The Morgan fingerprint density at radius 2 is 1.60 bits per heavy atom. The second-order valence-corrected chi connectivity index (χ2v) is 6.78. The van der Waals surface area contributed by atoms with Crippen LogP contribution in [-0.2, 0) is 11.3 Å². The Kier molecular flexibility index (Phi) is 5.52. The van der Waals surface area contributed by atoms with E-state index in [2.05, 4.69) is 25.9 Å². The van der Waals surface area contributed by atoms with Gasteiger partial charge in [-0.3, -0.25) is 4.79 Å². The highest BCUT2D eigenvalue weighted by Gasteiger charge is 2.08. The van der Waals surface area contributed by atoms with Crippen LogP contribution in [0.5, 0.6) is 0 Å². The molecule has 0 atom stereocenters. The lowest BCUT2D eigenvalue weighted by atomic mass is 10.2. The third-order valence-electron chi connectivity index (χ3n) is 4.44. The smallest absolute Gasteiger partial charge is 0.229 e. The highest BCUT2D eigenvalue weighted by molar-refractivity contribution is 5.90. The molecule has 7 heteroatoms. The maximum atomic E-state index is 13.1. The van der Waals surface area contributed by atoms with E-state index in [9.17, 15) is 9.18 Å². The van der Waals surface area contributed by atoms with Gasteiger partial charge in [0.25, 0.3) is 0 Å². The van der Waals surface area contributed by atoms with Crippen LogP contribution in [0.2, 0.25) is 0 Å². The molecule has 0 saturated carbocycles. The third-order valence-corrected chi connectivity index (χ3v) is 4.44. The molecule has 0 aliphatic heterocycles. The number of nitrogens with zero attached hydrogens (tertiary/aromatic N) is 2. The van der Waals surface area contributed by atoms with Crippen LogP contribution in [0, 0.1) is 5.82 Å². The molecule has 0 saturated heterocycles. The molecule has 1 aromatic heterocycles. The Bertz CT molecular complexity index is 1180. The second kappa shape index (κ2) is 8.57. The summed E-state index contributed by atoms with van der Waals surface area (Å²) in [6, 6.07) is 21.4. The summed E-state index contributed by atoms with van der Waals surface area (Å²) >= 11 is 0. The largest absolute Gasteiger partial charge is 0.365 e. The van der Waals surface area contributed by atoms with Gasteiger partial charge in [-0.1, -0.05) is 24.3 Å². The molecule has 1 heterocycles. The molecule has 0 spiro atoms. The van der Waals surface area contributed by atoms with Crippen LogP contribution in [0.4, 0.5) is 27.5 Å². The summed E-state index contributed by atoms with van der Waals surface area (Å²) < 4.78 is 13.1. The zero-order valence-electron chi connectivity index (χ0n) is 16.3. The molecular weight excluding hydrogens is 381 g/mol. The topological polar surface area (TPSA) is 78.9 Å². The summed E-state index contributed by atoms with van der Waals surface area (Å²) in [5.41, 5.74) is 3.26. The van der Waals surface area contributed by atoms with E-state index in [-0.39, 0.29) is 11.7 Å². The molecule has 0 radical (unpaired) electrons. The average Bonchev–Trinajstić information content (AvgIpc) is 2.74. The summed E-state index contributed by atoms with van der Waals surface area (Å²) in [7, 11) is 0. The number of halogens is 1. The SMILES string of the molecule is CC(=O)Nc1ccc(Nc2nc(NCc3ccc(F)cc3)c3ccccc3n2)cc1. The number of carbonyl (C=O) groups excluding carboxylic acids is 1. The van der Waals surface area contributed by atoms with E-state index >= 15 is 0 Å².